The highest BCUT2D eigenvalue weighted by Gasteiger charge is 2.16. The molecule has 2 aromatic carbocycles. The van der Waals surface area contributed by atoms with Crippen molar-refractivity contribution in [3.63, 3.8) is 0 Å². The summed E-state index contributed by atoms with van der Waals surface area (Å²) in [5.74, 6) is 0.879. The van der Waals surface area contributed by atoms with Gasteiger partial charge in [0.15, 0.2) is 5.82 Å². The largest absolute Gasteiger partial charge is 0.462 e. The molecule has 0 spiro atoms. The Balaban J connectivity index is 1.99. The van der Waals surface area contributed by atoms with Gasteiger partial charge in [0.05, 0.1) is 22.3 Å². The van der Waals surface area contributed by atoms with E-state index in [0.29, 0.717) is 40.5 Å². The van der Waals surface area contributed by atoms with E-state index >= 15 is 0 Å². The molecular weight excluding hydrogens is 411 g/mol. The third-order valence-electron chi connectivity index (χ3n) is 4.03. The minimum Gasteiger partial charge on any atom is -0.462 e. The van der Waals surface area contributed by atoms with Gasteiger partial charge in [0.25, 0.3) is 0 Å². The van der Waals surface area contributed by atoms with Crippen LogP contribution in [0.4, 0.5) is 5.69 Å². The van der Waals surface area contributed by atoms with Crippen LogP contribution in [0.2, 0.25) is 10.0 Å². The first-order valence-corrected chi connectivity index (χ1v) is 10.1. The molecule has 0 bridgehead atoms. The zero-order valence-corrected chi connectivity index (χ0v) is 18.0. The number of nitrogens with one attached hydrogen (secondary N) is 1. The predicted octanol–water partition coefficient (Wildman–Crippen LogP) is 5.62. The van der Waals surface area contributed by atoms with Gasteiger partial charge in [-0.15, -0.1) is 5.10 Å². The molecule has 29 heavy (non-hydrogen) atoms. The number of hydrogen-bond donors (Lipinski definition) is 1. The van der Waals surface area contributed by atoms with Crippen molar-refractivity contribution in [3.8, 4) is 23.1 Å². The van der Waals surface area contributed by atoms with Gasteiger partial charge in [-0.2, -0.15) is 4.98 Å². The van der Waals surface area contributed by atoms with Crippen molar-refractivity contribution < 1.29 is 9.53 Å². The fraction of sp³-hybridized carbons (Fsp3) is 0.286. The normalized spacial score (nSPS) is 11.0. The Hall–Kier alpha value is -2.57. The number of benzene rings is 2. The van der Waals surface area contributed by atoms with Crippen LogP contribution in [-0.2, 0) is 4.79 Å². The Kier molecular flexibility index (Phi) is 6.77. The Morgan fingerprint density at radius 3 is 2.48 bits per heavy atom. The second-order valence-corrected chi connectivity index (χ2v) is 7.73. The van der Waals surface area contributed by atoms with Crippen molar-refractivity contribution in [3.05, 3.63) is 52.5 Å². The molecule has 0 atom stereocenters. The Bertz CT molecular complexity index is 1000. The van der Waals surface area contributed by atoms with Crippen LogP contribution >= 0.6 is 23.2 Å². The van der Waals surface area contributed by atoms with E-state index in [9.17, 15) is 4.79 Å². The molecule has 6 nitrogen and oxygen atoms in total. The molecule has 3 rings (SSSR count). The van der Waals surface area contributed by atoms with E-state index in [1.165, 1.54) is 0 Å². The maximum Gasteiger partial charge on any atom is 0.336 e. The van der Waals surface area contributed by atoms with Crippen LogP contribution in [-0.4, -0.2) is 27.3 Å². The zero-order valence-electron chi connectivity index (χ0n) is 16.4. The molecular formula is C21H22Cl2N4O2. The van der Waals surface area contributed by atoms with Crippen molar-refractivity contribution in [2.24, 2.45) is 5.92 Å². The number of anilines is 1. The van der Waals surface area contributed by atoms with E-state index in [1.807, 2.05) is 30.3 Å². The Labute approximate surface area is 179 Å². The molecule has 1 aromatic heterocycles. The molecule has 152 valence electrons. The SMILES string of the molecule is CCC(=O)Nc1ccc(-n2nc(OCC(C)C)nc2-c2ccc(Cl)c(Cl)c2)cc1. The molecule has 0 saturated heterocycles. The van der Waals surface area contributed by atoms with Gasteiger partial charge in [-0.25, -0.2) is 4.68 Å². The molecule has 0 fully saturated rings. The van der Waals surface area contributed by atoms with Crippen molar-refractivity contribution in [1.29, 1.82) is 0 Å². The smallest absolute Gasteiger partial charge is 0.336 e. The lowest BCUT2D eigenvalue weighted by atomic mass is 10.2. The minimum absolute atomic E-state index is 0.0422. The van der Waals surface area contributed by atoms with Crippen LogP contribution < -0.4 is 10.1 Å². The second-order valence-electron chi connectivity index (χ2n) is 6.91. The van der Waals surface area contributed by atoms with Gasteiger partial charge in [0.2, 0.25) is 5.91 Å². The lowest BCUT2D eigenvalue weighted by Crippen LogP contribution is -2.09. The highest BCUT2D eigenvalue weighted by molar-refractivity contribution is 6.42. The lowest BCUT2D eigenvalue weighted by molar-refractivity contribution is -0.115. The Morgan fingerprint density at radius 2 is 1.86 bits per heavy atom. The summed E-state index contributed by atoms with van der Waals surface area (Å²) < 4.78 is 7.40. The third-order valence-corrected chi connectivity index (χ3v) is 4.77. The summed E-state index contributed by atoms with van der Waals surface area (Å²) in [5.41, 5.74) is 2.25. The highest BCUT2D eigenvalue weighted by atomic mass is 35.5. The monoisotopic (exact) mass is 432 g/mol. The number of rotatable bonds is 7. The fourth-order valence-electron chi connectivity index (χ4n) is 2.53. The number of halogens is 2. The summed E-state index contributed by atoms with van der Waals surface area (Å²) >= 11 is 12.2. The van der Waals surface area contributed by atoms with Crippen molar-refractivity contribution in [2.75, 3.05) is 11.9 Å². The summed E-state index contributed by atoms with van der Waals surface area (Å²) in [4.78, 5) is 16.1. The minimum atomic E-state index is -0.0422. The van der Waals surface area contributed by atoms with Crippen LogP contribution in [0.1, 0.15) is 27.2 Å². The number of carbonyl (C=O) groups is 1. The van der Waals surface area contributed by atoms with Crippen molar-refractivity contribution in [1.82, 2.24) is 14.8 Å². The van der Waals surface area contributed by atoms with E-state index in [-0.39, 0.29) is 11.9 Å². The van der Waals surface area contributed by atoms with Gasteiger partial charge in [0.1, 0.15) is 0 Å². The van der Waals surface area contributed by atoms with Gasteiger partial charge in [-0.05, 0) is 48.4 Å². The average Bonchev–Trinajstić information content (AvgIpc) is 3.13. The molecule has 0 unspecified atom stereocenters. The summed E-state index contributed by atoms with van der Waals surface area (Å²) in [6, 6.07) is 12.9. The van der Waals surface area contributed by atoms with E-state index < -0.39 is 0 Å². The first kappa shape index (κ1) is 21.1. The van der Waals surface area contributed by atoms with E-state index in [1.54, 1.807) is 23.7 Å². The molecule has 0 aliphatic heterocycles. The predicted molar refractivity (Wildman–Crippen MR) is 116 cm³/mol. The summed E-state index contributed by atoms with van der Waals surface area (Å²) in [6.45, 7) is 6.43. The fourth-order valence-corrected chi connectivity index (χ4v) is 2.83. The Morgan fingerprint density at radius 1 is 1.14 bits per heavy atom. The van der Waals surface area contributed by atoms with Crippen LogP contribution in [0.3, 0.4) is 0 Å². The van der Waals surface area contributed by atoms with Crippen molar-refractivity contribution >= 4 is 34.8 Å². The number of nitrogens with zero attached hydrogens (tertiary/aromatic N) is 3. The molecule has 0 saturated carbocycles. The van der Waals surface area contributed by atoms with E-state index in [2.05, 4.69) is 29.2 Å². The molecule has 0 aliphatic carbocycles. The van der Waals surface area contributed by atoms with Gasteiger partial charge in [-0.3, -0.25) is 4.79 Å². The number of aromatic nitrogens is 3. The molecule has 3 aromatic rings. The van der Waals surface area contributed by atoms with Gasteiger partial charge < -0.3 is 10.1 Å². The van der Waals surface area contributed by atoms with Crippen molar-refractivity contribution in [2.45, 2.75) is 27.2 Å². The van der Waals surface area contributed by atoms with Crippen LogP contribution in [0.25, 0.3) is 17.1 Å². The summed E-state index contributed by atoms with van der Waals surface area (Å²) in [5, 5.41) is 8.23. The summed E-state index contributed by atoms with van der Waals surface area (Å²) in [6.07, 6.45) is 0.419. The van der Waals surface area contributed by atoms with Gasteiger partial charge in [-0.1, -0.05) is 44.0 Å². The number of carbonyl (C=O) groups excluding carboxylic acids is 1. The molecule has 8 heteroatoms. The quantitative estimate of drug-likeness (QED) is 0.525. The number of hydrogen-bond acceptors (Lipinski definition) is 4. The molecule has 0 radical (unpaired) electrons. The maximum absolute atomic E-state index is 11.6. The molecule has 0 aliphatic rings. The number of ether oxygens (including phenoxy) is 1. The summed E-state index contributed by atoms with van der Waals surface area (Å²) in [7, 11) is 0. The maximum atomic E-state index is 11.6. The highest BCUT2D eigenvalue weighted by Crippen LogP contribution is 2.30. The first-order valence-electron chi connectivity index (χ1n) is 9.33. The third kappa shape index (κ3) is 5.28. The second kappa shape index (κ2) is 9.29. The lowest BCUT2D eigenvalue weighted by Gasteiger charge is -2.08. The van der Waals surface area contributed by atoms with Crippen LogP contribution in [0.15, 0.2) is 42.5 Å². The van der Waals surface area contributed by atoms with E-state index in [4.69, 9.17) is 27.9 Å². The van der Waals surface area contributed by atoms with E-state index in [0.717, 1.165) is 11.3 Å². The number of amides is 1. The first-order chi connectivity index (χ1) is 13.9. The van der Waals surface area contributed by atoms with Crippen LogP contribution in [0, 0.1) is 5.92 Å². The zero-order chi connectivity index (χ0) is 21.0. The average molecular weight is 433 g/mol. The topological polar surface area (TPSA) is 69.0 Å². The molecule has 1 amide bonds. The standard InChI is InChI=1S/C21H22Cl2N4O2/c1-4-19(28)24-15-6-8-16(9-7-15)27-20(14-5-10-17(22)18(23)11-14)25-21(26-27)29-12-13(2)3/h5-11,13H,4,12H2,1-3H3,(H,24,28). The van der Waals surface area contributed by atoms with Gasteiger partial charge in [0, 0.05) is 17.7 Å². The van der Waals surface area contributed by atoms with Crippen LogP contribution in [0.5, 0.6) is 6.01 Å². The molecule has 1 N–H and O–H groups in total. The molecule has 1 heterocycles. The van der Waals surface area contributed by atoms with Gasteiger partial charge >= 0.3 is 6.01 Å².